The highest BCUT2D eigenvalue weighted by molar-refractivity contribution is 6.99. The van der Waals surface area contributed by atoms with E-state index in [1.165, 1.54) is 10.4 Å². The summed E-state index contributed by atoms with van der Waals surface area (Å²) < 4.78 is 33.0. The van der Waals surface area contributed by atoms with E-state index in [0.717, 1.165) is 12.8 Å². The third-order valence-electron chi connectivity index (χ3n) is 7.35. The van der Waals surface area contributed by atoms with Gasteiger partial charge in [-0.1, -0.05) is 101 Å². The lowest BCUT2D eigenvalue weighted by molar-refractivity contribution is -0.228. The zero-order valence-electron chi connectivity index (χ0n) is 23.3. The monoisotopic (exact) mass is 524 g/mol. The number of hydrogen-bond acceptors (Lipinski definition) is 5. The molecule has 2 aromatic carbocycles. The Morgan fingerprint density at radius 3 is 2.11 bits per heavy atom. The summed E-state index contributed by atoms with van der Waals surface area (Å²) in [6.45, 7) is 17.6. The van der Waals surface area contributed by atoms with E-state index in [1.54, 1.807) is 0 Å². The number of rotatable bonds is 11. The van der Waals surface area contributed by atoms with Crippen molar-refractivity contribution >= 4 is 18.7 Å². The molecule has 2 saturated heterocycles. The maximum Gasteiger partial charge on any atom is 0.261 e. The molecular weight excluding hydrogens is 480 g/mol. The van der Waals surface area contributed by atoms with Crippen LogP contribution >= 0.6 is 0 Å². The molecule has 0 saturated carbocycles. The Morgan fingerprint density at radius 2 is 1.59 bits per heavy atom. The van der Waals surface area contributed by atoms with Gasteiger partial charge in [0, 0.05) is 6.61 Å². The van der Waals surface area contributed by atoms with E-state index in [-0.39, 0.29) is 29.5 Å². The Bertz CT molecular complexity index is 964. The van der Waals surface area contributed by atoms with Gasteiger partial charge in [-0.05, 0) is 42.1 Å². The van der Waals surface area contributed by atoms with Gasteiger partial charge in [-0.2, -0.15) is 0 Å². The number of hydrogen-bond donors (Lipinski definition) is 0. The average Bonchev–Trinajstić information content (AvgIpc) is 3.34. The Balaban J connectivity index is 1.77. The summed E-state index contributed by atoms with van der Waals surface area (Å²) in [5, 5.41) is 2.31. The fourth-order valence-electron chi connectivity index (χ4n) is 5.69. The lowest BCUT2D eigenvalue weighted by Crippen LogP contribution is -2.68. The van der Waals surface area contributed by atoms with Crippen molar-refractivity contribution in [2.45, 2.75) is 102 Å². The second kappa shape index (κ2) is 11.5. The van der Waals surface area contributed by atoms with Crippen LogP contribution in [-0.4, -0.2) is 51.4 Å². The molecule has 6 heteroatoms. The lowest BCUT2D eigenvalue weighted by Gasteiger charge is -2.46. The van der Waals surface area contributed by atoms with Crippen molar-refractivity contribution in [1.29, 1.82) is 0 Å². The van der Waals surface area contributed by atoms with Gasteiger partial charge in [0.2, 0.25) is 0 Å². The number of benzene rings is 2. The standard InChI is InChI=1S/C31H44O5Si/c1-8-10-22-32-27-26(33-29-28(27)34-31(6,7)35-29)25(17-9-2)36-37(30(3,4)5,23-18-13-11-14-19-23)24-20-15-12-16-21-24/h9,11-16,18-21,25-29H,2,8,10,17,22H2,1,3-7H3/t25-,26+,27+,28+,29+/m0/s1. The Labute approximate surface area is 224 Å². The molecule has 2 heterocycles. The fraction of sp³-hybridized carbons (Fsp3) is 0.548. The Hall–Kier alpha value is -1.80. The summed E-state index contributed by atoms with van der Waals surface area (Å²) in [4.78, 5) is 0. The second-order valence-corrected chi connectivity index (χ2v) is 15.9. The molecule has 0 amide bonds. The molecule has 0 spiro atoms. The highest BCUT2D eigenvalue weighted by Gasteiger charge is 2.59. The van der Waals surface area contributed by atoms with Crippen molar-refractivity contribution in [3.05, 3.63) is 73.3 Å². The summed E-state index contributed by atoms with van der Waals surface area (Å²) in [6.07, 6.45) is 2.89. The minimum absolute atomic E-state index is 0.156. The predicted molar refractivity (Wildman–Crippen MR) is 151 cm³/mol. The van der Waals surface area contributed by atoms with Crippen LogP contribution in [0, 0.1) is 0 Å². The van der Waals surface area contributed by atoms with E-state index in [0.29, 0.717) is 13.0 Å². The molecule has 37 heavy (non-hydrogen) atoms. The molecule has 4 rings (SSSR count). The molecule has 2 aromatic rings. The summed E-state index contributed by atoms with van der Waals surface area (Å²) in [5.74, 6) is -0.709. The molecule has 0 N–H and O–H groups in total. The van der Waals surface area contributed by atoms with Crippen molar-refractivity contribution in [2.24, 2.45) is 0 Å². The van der Waals surface area contributed by atoms with Gasteiger partial charge in [0.1, 0.15) is 18.3 Å². The quantitative estimate of drug-likeness (QED) is 0.219. The maximum atomic E-state index is 7.50. The first-order chi connectivity index (χ1) is 17.6. The highest BCUT2D eigenvalue weighted by atomic mass is 28.4. The van der Waals surface area contributed by atoms with Crippen LogP contribution in [0.3, 0.4) is 0 Å². The van der Waals surface area contributed by atoms with Crippen molar-refractivity contribution < 1.29 is 23.4 Å². The molecular formula is C31H44O5Si. The zero-order chi connectivity index (χ0) is 26.7. The molecule has 0 aromatic heterocycles. The summed E-state index contributed by atoms with van der Waals surface area (Å²) in [6, 6.07) is 21.4. The topological polar surface area (TPSA) is 46.2 Å². The first-order valence-corrected chi connectivity index (χ1v) is 15.6. The maximum absolute atomic E-state index is 7.50. The molecule has 2 fully saturated rings. The van der Waals surface area contributed by atoms with E-state index < -0.39 is 20.4 Å². The van der Waals surface area contributed by atoms with Crippen LogP contribution in [0.25, 0.3) is 0 Å². The second-order valence-electron chi connectivity index (χ2n) is 11.6. The molecule has 2 aliphatic heterocycles. The molecule has 5 nitrogen and oxygen atoms in total. The van der Waals surface area contributed by atoms with Gasteiger partial charge in [-0.25, -0.2) is 0 Å². The molecule has 5 atom stereocenters. The van der Waals surface area contributed by atoms with E-state index in [2.05, 4.69) is 94.9 Å². The largest absolute Gasteiger partial charge is 0.401 e. The summed E-state index contributed by atoms with van der Waals surface area (Å²) in [5.41, 5.74) is 0. The lowest BCUT2D eigenvalue weighted by atomic mass is 10.0. The summed E-state index contributed by atoms with van der Waals surface area (Å²) >= 11 is 0. The molecule has 202 valence electrons. The van der Waals surface area contributed by atoms with Gasteiger partial charge in [-0.15, -0.1) is 6.58 Å². The Morgan fingerprint density at radius 1 is 1.00 bits per heavy atom. The van der Waals surface area contributed by atoms with Gasteiger partial charge in [0.15, 0.2) is 12.1 Å². The van der Waals surface area contributed by atoms with Gasteiger partial charge in [-0.3, -0.25) is 0 Å². The van der Waals surface area contributed by atoms with Crippen LogP contribution in [0.5, 0.6) is 0 Å². The first-order valence-electron chi connectivity index (χ1n) is 13.7. The highest BCUT2D eigenvalue weighted by Crippen LogP contribution is 2.43. The van der Waals surface area contributed by atoms with Crippen LogP contribution < -0.4 is 10.4 Å². The Kier molecular flexibility index (Phi) is 8.78. The van der Waals surface area contributed by atoms with Gasteiger partial charge < -0.3 is 23.4 Å². The van der Waals surface area contributed by atoms with Gasteiger partial charge in [0.25, 0.3) is 8.32 Å². The smallest absolute Gasteiger partial charge is 0.261 e. The van der Waals surface area contributed by atoms with Crippen LogP contribution in [0.1, 0.15) is 60.8 Å². The average molecular weight is 525 g/mol. The minimum atomic E-state index is -2.81. The molecule has 0 unspecified atom stereocenters. The third kappa shape index (κ3) is 5.80. The fourth-order valence-corrected chi connectivity index (χ4v) is 10.4. The van der Waals surface area contributed by atoms with Crippen LogP contribution in [-0.2, 0) is 23.4 Å². The number of unbranched alkanes of at least 4 members (excludes halogenated alkanes) is 1. The zero-order valence-corrected chi connectivity index (χ0v) is 24.3. The summed E-state index contributed by atoms with van der Waals surface area (Å²) in [7, 11) is -2.81. The molecule has 0 bridgehead atoms. The minimum Gasteiger partial charge on any atom is -0.401 e. The van der Waals surface area contributed by atoms with E-state index in [1.807, 2.05) is 19.9 Å². The van der Waals surface area contributed by atoms with E-state index in [4.69, 9.17) is 23.4 Å². The van der Waals surface area contributed by atoms with Crippen molar-refractivity contribution in [3.8, 4) is 0 Å². The van der Waals surface area contributed by atoms with Crippen LogP contribution in [0.4, 0.5) is 0 Å². The van der Waals surface area contributed by atoms with Crippen LogP contribution in [0.15, 0.2) is 73.3 Å². The van der Waals surface area contributed by atoms with Gasteiger partial charge in [0.05, 0.1) is 6.10 Å². The third-order valence-corrected chi connectivity index (χ3v) is 12.4. The molecule has 0 radical (unpaired) electrons. The van der Waals surface area contributed by atoms with E-state index >= 15 is 0 Å². The van der Waals surface area contributed by atoms with Crippen molar-refractivity contribution in [2.75, 3.05) is 6.61 Å². The van der Waals surface area contributed by atoms with Crippen molar-refractivity contribution in [1.82, 2.24) is 0 Å². The van der Waals surface area contributed by atoms with Crippen LogP contribution in [0.2, 0.25) is 5.04 Å². The molecule has 2 aliphatic rings. The first kappa shape index (κ1) is 28.2. The van der Waals surface area contributed by atoms with Crippen molar-refractivity contribution in [3.63, 3.8) is 0 Å². The number of ether oxygens (including phenoxy) is 4. The van der Waals surface area contributed by atoms with Gasteiger partial charge >= 0.3 is 0 Å². The normalized spacial score (nSPS) is 26.1. The van der Waals surface area contributed by atoms with E-state index in [9.17, 15) is 0 Å². The SMILES string of the molecule is C=CC[C@H](O[Si](c1ccccc1)(c1ccccc1)C(C)(C)C)[C@H]1O[C@@H]2OC(C)(C)O[C@@H]2[C@@H]1OCCCC. The number of fused-ring (bicyclic) bond motifs is 1. The predicted octanol–water partition coefficient (Wildman–Crippen LogP) is 5.57. The molecule has 0 aliphatic carbocycles.